The summed E-state index contributed by atoms with van der Waals surface area (Å²) in [6, 6.07) is 29.3. The topological polar surface area (TPSA) is 125 Å². The van der Waals surface area contributed by atoms with Crippen LogP contribution in [-0.2, 0) is 14.3 Å². The van der Waals surface area contributed by atoms with Gasteiger partial charge in [0.05, 0.1) is 51.9 Å². The maximum atomic E-state index is 12.5. The molecule has 256 valence electrons. The number of carboxylic acids is 1. The van der Waals surface area contributed by atoms with Gasteiger partial charge in [-0.25, -0.2) is 9.59 Å². The molecule has 50 heavy (non-hydrogen) atoms. The van der Waals surface area contributed by atoms with Gasteiger partial charge in [-0.3, -0.25) is 10.0 Å². The molecule has 0 amide bonds. The average Bonchev–Trinajstić information content (AvgIpc) is 3.59. The zero-order valence-corrected chi connectivity index (χ0v) is 32.7. The SMILES string of the molecule is CCOC(=O)C1=NN(c2ccc(Cl)cc2Cl)[C@H](C)[C@H]1c1ccccc1.C[C@@H]1[C@@H](c2ccccc2)C(C(=O)O)=NN1c1ccc(Cl)cc1Cl.[Na+].[OH-]. The summed E-state index contributed by atoms with van der Waals surface area (Å²) < 4.78 is 5.21. The molecule has 14 heteroatoms. The largest absolute Gasteiger partial charge is 1.00 e. The predicted molar refractivity (Wildman–Crippen MR) is 196 cm³/mol. The van der Waals surface area contributed by atoms with Crippen LogP contribution in [0.4, 0.5) is 11.4 Å². The summed E-state index contributed by atoms with van der Waals surface area (Å²) in [6.45, 7) is 6.03. The first-order valence-corrected chi connectivity index (χ1v) is 16.7. The molecule has 2 N–H and O–H groups in total. The summed E-state index contributed by atoms with van der Waals surface area (Å²) in [5.41, 5.74) is 3.75. The van der Waals surface area contributed by atoms with E-state index < -0.39 is 11.9 Å². The molecule has 4 aromatic carbocycles. The molecule has 2 aliphatic rings. The van der Waals surface area contributed by atoms with Gasteiger partial charge in [-0.2, -0.15) is 10.2 Å². The molecular weight excluding hydrogens is 733 g/mol. The van der Waals surface area contributed by atoms with Crippen molar-refractivity contribution in [3.8, 4) is 0 Å². The van der Waals surface area contributed by atoms with E-state index in [9.17, 15) is 14.7 Å². The van der Waals surface area contributed by atoms with Crippen molar-refractivity contribution in [2.75, 3.05) is 16.6 Å². The Balaban J connectivity index is 0.000000261. The minimum absolute atomic E-state index is 0. The summed E-state index contributed by atoms with van der Waals surface area (Å²) in [5.74, 6) is -1.97. The second-order valence-electron chi connectivity index (χ2n) is 11.1. The van der Waals surface area contributed by atoms with Crippen molar-refractivity contribution in [3.63, 3.8) is 0 Å². The summed E-state index contributed by atoms with van der Waals surface area (Å²) in [5, 5.41) is 23.8. The van der Waals surface area contributed by atoms with E-state index >= 15 is 0 Å². The molecule has 0 aliphatic carbocycles. The number of hydrazone groups is 2. The molecule has 0 aromatic heterocycles. The number of rotatable bonds is 7. The number of carbonyl (C=O) groups excluding carboxylic acids is 1. The van der Waals surface area contributed by atoms with E-state index in [-0.39, 0.29) is 64.7 Å². The molecule has 0 unspecified atom stereocenters. The number of anilines is 2. The monoisotopic (exact) mass is 764 g/mol. The van der Waals surface area contributed by atoms with Gasteiger partial charge in [0, 0.05) is 10.0 Å². The second kappa shape index (κ2) is 18.4. The minimum atomic E-state index is -1.03. The van der Waals surface area contributed by atoms with Crippen LogP contribution < -0.4 is 39.6 Å². The molecule has 4 atom stereocenters. The van der Waals surface area contributed by atoms with Gasteiger partial charge in [-0.05, 0) is 68.3 Å². The van der Waals surface area contributed by atoms with Gasteiger partial charge in [-0.1, -0.05) is 107 Å². The van der Waals surface area contributed by atoms with E-state index in [4.69, 9.17) is 51.1 Å². The molecule has 0 bridgehead atoms. The summed E-state index contributed by atoms with van der Waals surface area (Å²) >= 11 is 24.5. The number of benzene rings is 4. The maximum Gasteiger partial charge on any atom is 1.00 e. The summed E-state index contributed by atoms with van der Waals surface area (Å²) in [7, 11) is 0. The van der Waals surface area contributed by atoms with Crippen LogP contribution in [0.15, 0.2) is 107 Å². The molecule has 9 nitrogen and oxygen atoms in total. The van der Waals surface area contributed by atoms with E-state index in [2.05, 4.69) is 10.2 Å². The number of esters is 1. The Morgan fingerprint density at radius 2 is 1.10 bits per heavy atom. The normalized spacial score (nSPS) is 19.3. The van der Waals surface area contributed by atoms with Crippen LogP contribution in [0.1, 0.15) is 43.7 Å². The maximum absolute atomic E-state index is 12.5. The minimum Gasteiger partial charge on any atom is -0.870 e. The molecule has 4 aromatic rings. The second-order valence-corrected chi connectivity index (χ2v) is 12.8. The number of hydrogen-bond acceptors (Lipinski definition) is 8. The van der Waals surface area contributed by atoms with Crippen molar-refractivity contribution < 1.29 is 54.5 Å². The first kappa shape index (κ1) is 41.3. The summed E-state index contributed by atoms with van der Waals surface area (Å²) in [6.07, 6.45) is 0. The Hall–Kier alpha value is -3.12. The Labute approximate surface area is 333 Å². The third kappa shape index (κ3) is 9.02. The first-order valence-electron chi connectivity index (χ1n) is 15.2. The van der Waals surface area contributed by atoms with E-state index in [1.54, 1.807) is 53.3 Å². The van der Waals surface area contributed by atoms with Gasteiger partial charge in [-0.15, -0.1) is 0 Å². The summed E-state index contributed by atoms with van der Waals surface area (Å²) in [4.78, 5) is 24.1. The van der Waals surface area contributed by atoms with Crippen LogP contribution in [0.2, 0.25) is 20.1 Å². The van der Waals surface area contributed by atoms with Crippen molar-refractivity contribution in [1.29, 1.82) is 0 Å². The van der Waals surface area contributed by atoms with E-state index in [1.165, 1.54) is 0 Å². The van der Waals surface area contributed by atoms with Crippen LogP contribution in [-0.4, -0.2) is 52.6 Å². The van der Waals surface area contributed by atoms with Crippen LogP contribution >= 0.6 is 46.4 Å². The number of aliphatic carboxylic acids is 1. The molecule has 0 fully saturated rings. The van der Waals surface area contributed by atoms with Crippen LogP contribution in [0.3, 0.4) is 0 Å². The number of nitrogens with zero attached hydrogens (tertiary/aromatic N) is 4. The number of hydrogen-bond donors (Lipinski definition) is 1. The fourth-order valence-electron chi connectivity index (χ4n) is 5.90. The zero-order chi connectivity index (χ0) is 34.5. The van der Waals surface area contributed by atoms with Crippen molar-refractivity contribution in [1.82, 2.24) is 0 Å². The van der Waals surface area contributed by atoms with Crippen LogP contribution in [0.5, 0.6) is 0 Å². The van der Waals surface area contributed by atoms with E-state index in [0.29, 0.717) is 43.8 Å². The fourth-order valence-corrected chi connectivity index (χ4v) is 6.89. The number of carbonyl (C=O) groups is 2. The van der Waals surface area contributed by atoms with Crippen LogP contribution in [0, 0.1) is 0 Å². The number of carboxylic acid groups (broad SMARTS) is 1. The van der Waals surface area contributed by atoms with Crippen LogP contribution in [0.25, 0.3) is 0 Å². The van der Waals surface area contributed by atoms with Crippen molar-refractivity contribution >= 4 is 81.1 Å². The Morgan fingerprint density at radius 3 is 1.48 bits per heavy atom. The zero-order valence-electron chi connectivity index (χ0n) is 27.7. The van der Waals surface area contributed by atoms with Gasteiger partial charge in [0.2, 0.25) is 0 Å². The van der Waals surface area contributed by atoms with Crippen molar-refractivity contribution in [3.05, 3.63) is 128 Å². The Morgan fingerprint density at radius 1 is 0.700 bits per heavy atom. The standard InChI is InChI=1S/C19H18Cl2N2O2.C17H14Cl2N2O2.Na.H2O/c1-3-25-19(24)18-17(13-7-5-4-6-8-13)12(2)23(22-18)16-10-9-14(20)11-15(16)21;1-10-15(11-5-3-2-4-6-11)16(17(22)23)20-21(10)14-8-7-12(18)9-13(14)19;;/h4-12,17H,3H2,1-2H3;2-10,15H,1H3,(H,22,23);;1H2/q;;+1;/p-1/t12-,17+;10-,15+;;/m11../s1. The third-order valence-corrected chi connectivity index (χ3v) is 9.17. The Bertz CT molecular complexity index is 1870. The van der Waals surface area contributed by atoms with Gasteiger partial charge >= 0.3 is 41.5 Å². The molecule has 2 aliphatic heterocycles. The van der Waals surface area contributed by atoms with Gasteiger partial charge < -0.3 is 15.3 Å². The molecule has 0 saturated heterocycles. The molecule has 0 saturated carbocycles. The third-order valence-electron chi connectivity index (χ3n) is 8.09. The molecule has 2 heterocycles. The predicted octanol–water partition coefficient (Wildman–Crippen LogP) is 6.16. The Kier molecular flexibility index (Phi) is 15.2. The van der Waals surface area contributed by atoms with Crippen molar-refractivity contribution in [2.45, 2.75) is 44.7 Å². The first-order chi connectivity index (χ1) is 23.0. The average molecular weight is 766 g/mol. The number of halogens is 4. The number of ether oxygens (including phenoxy) is 1. The van der Waals surface area contributed by atoms with Gasteiger partial charge in [0.25, 0.3) is 0 Å². The fraction of sp³-hybridized carbons (Fsp3) is 0.222. The van der Waals surface area contributed by atoms with E-state index in [1.807, 2.05) is 74.5 Å². The smallest absolute Gasteiger partial charge is 0.870 e. The molecule has 0 radical (unpaired) electrons. The van der Waals surface area contributed by atoms with Crippen molar-refractivity contribution in [2.24, 2.45) is 10.2 Å². The van der Waals surface area contributed by atoms with Gasteiger partial charge in [0.15, 0.2) is 11.4 Å². The van der Waals surface area contributed by atoms with E-state index in [0.717, 1.165) is 11.1 Å². The quantitative estimate of drug-likeness (QED) is 0.177. The molecule has 6 rings (SSSR count). The van der Waals surface area contributed by atoms with Gasteiger partial charge in [0.1, 0.15) is 0 Å². The molecule has 0 spiro atoms. The molecular formula is C36H33Cl4N4NaO5.